The highest BCUT2D eigenvalue weighted by Crippen LogP contribution is 2.12. The summed E-state index contributed by atoms with van der Waals surface area (Å²) in [6, 6.07) is 8.25. The standard InChI is InChI=1S/C10H10N2/c1-7-3-4-9-6-8(2)11-12-10(9)5-7/h3-6H,1-2H3. The predicted molar refractivity (Wildman–Crippen MR) is 49.0 cm³/mol. The third-order valence-corrected chi connectivity index (χ3v) is 1.87. The smallest absolute Gasteiger partial charge is 0.0932 e. The van der Waals surface area contributed by atoms with Crippen LogP contribution in [-0.4, -0.2) is 10.2 Å². The first-order chi connectivity index (χ1) is 5.75. The molecule has 2 heteroatoms. The maximum Gasteiger partial charge on any atom is 0.0932 e. The van der Waals surface area contributed by atoms with E-state index in [0.717, 1.165) is 16.6 Å². The fraction of sp³-hybridized carbons (Fsp3) is 0.200. The minimum Gasteiger partial charge on any atom is -0.155 e. The summed E-state index contributed by atoms with van der Waals surface area (Å²) in [5.41, 5.74) is 3.16. The van der Waals surface area contributed by atoms with Crippen molar-refractivity contribution in [2.75, 3.05) is 0 Å². The first-order valence-electron chi connectivity index (χ1n) is 3.96. The van der Waals surface area contributed by atoms with Gasteiger partial charge in [-0.1, -0.05) is 12.1 Å². The molecule has 0 unspecified atom stereocenters. The van der Waals surface area contributed by atoms with Crippen LogP contribution in [0.4, 0.5) is 0 Å². The van der Waals surface area contributed by atoms with Crippen LogP contribution in [0, 0.1) is 13.8 Å². The van der Waals surface area contributed by atoms with Crippen LogP contribution < -0.4 is 0 Å². The lowest BCUT2D eigenvalue weighted by Crippen LogP contribution is -1.87. The minimum absolute atomic E-state index is 0.964. The first-order valence-corrected chi connectivity index (χ1v) is 3.96. The van der Waals surface area contributed by atoms with Gasteiger partial charge in [-0.25, -0.2) is 0 Å². The summed E-state index contributed by atoms with van der Waals surface area (Å²) in [6.45, 7) is 4.01. The third kappa shape index (κ3) is 1.16. The van der Waals surface area contributed by atoms with E-state index in [1.165, 1.54) is 5.56 Å². The van der Waals surface area contributed by atoms with E-state index >= 15 is 0 Å². The highest BCUT2D eigenvalue weighted by atomic mass is 15.1. The second kappa shape index (κ2) is 2.55. The van der Waals surface area contributed by atoms with E-state index in [1.807, 2.05) is 19.1 Å². The topological polar surface area (TPSA) is 25.8 Å². The third-order valence-electron chi connectivity index (χ3n) is 1.87. The number of aryl methyl sites for hydroxylation is 2. The molecule has 0 bridgehead atoms. The van der Waals surface area contributed by atoms with Crippen LogP contribution in [-0.2, 0) is 0 Å². The van der Waals surface area contributed by atoms with Gasteiger partial charge in [-0.2, -0.15) is 10.2 Å². The molecule has 0 aliphatic carbocycles. The van der Waals surface area contributed by atoms with Gasteiger partial charge in [0.25, 0.3) is 0 Å². The molecule has 1 heterocycles. The minimum atomic E-state index is 0.964. The second-order valence-corrected chi connectivity index (χ2v) is 3.05. The van der Waals surface area contributed by atoms with E-state index in [-0.39, 0.29) is 0 Å². The van der Waals surface area contributed by atoms with Gasteiger partial charge in [0, 0.05) is 5.39 Å². The number of aromatic nitrogens is 2. The van der Waals surface area contributed by atoms with Gasteiger partial charge in [0.15, 0.2) is 0 Å². The van der Waals surface area contributed by atoms with Crippen molar-refractivity contribution in [3.63, 3.8) is 0 Å². The molecule has 1 aromatic heterocycles. The number of hydrogen-bond donors (Lipinski definition) is 0. The van der Waals surface area contributed by atoms with Crippen LogP contribution in [0.1, 0.15) is 11.3 Å². The fourth-order valence-electron chi connectivity index (χ4n) is 1.25. The molecule has 2 aromatic rings. The van der Waals surface area contributed by atoms with Gasteiger partial charge >= 0.3 is 0 Å². The van der Waals surface area contributed by atoms with E-state index in [0.29, 0.717) is 0 Å². The van der Waals surface area contributed by atoms with Gasteiger partial charge in [-0.15, -0.1) is 0 Å². The highest BCUT2D eigenvalue weighted by molar-refractivity contribution is 5.78. The summed E-state index contributed by atoms with van der Waals surface area (Å²) >= 11 is 0. The zero-order chi connectivity index (χ0) is 8.55. The Labute approximate surface area is 71.3 Å². The molecule has 12 heavy (non-hydrogen) atoms. The maximum atomic E-state index is 4.09. The van der Waals surface area contributed by atoms with Crippen molar-refractivity contribution in [2.45, 2.75) is 13.8 Å². The number of nitrogens with zero attached hydrogens (tertiary/aromatic N) is 2. The monoisotopic (exact) mass is 158 g/mol. The van der Waals surface area contributed by atoms with Crippen molar-refractivity contribution in [1.29, 1.82) is 0 Å². The zero-order valence-electron chi connectivity index (χ0n) is 7.20. The summed E-state index contributed by atoms with van der Waals surface area (Å²) < 4.78 is 0. The second-order valence-electron chi connectivity index (χ2n) is 3.05. The van der Waals surface area contributed by atoms with Gasteiger partial charge < -0.3 is 0 Å². The van der Waals surface area contributed by atoms with Gasteiger partial charge in [0.05, 0.1) is 11.2 Å². The van der Waals surface area contributed by atoms with Crippen molar-refractivity contribution in [3.05, 3.63) is 35.5 Å². The molecule has 0 aliphatic heterocycles. The van der Waals surface area contributed by atoms with Crippen molar-refractivity contribution < 1.29 is 0 Å². The average molecular weight is 158 g/mol. The first kappa shape index (κ1) is 7.22. The molecule has 0 radical (unpaired) electrons. The SMILES string of the molecule is Cc1ccc2cc(C)nnc2c1. The molecular formula is C10H10N2. The lowest BCUT2D eigenvalue weighted by molar-refractivity contribution is 1.02. The Balaban J connectivity index is 2.79. The molecule has 0 aliphatic rings. The molecular weight excluding hydrogens is 148 g/mol. The van der Waals surface area contributed by atoms with Crippen molar-refractivity contribution in [2.24, 2.45) is 0 Å². The molecule has 2 rings (SSSR count). The van der Waals surface area contributed by atoms with E-state index in [9.17, 15) is 0 Å². The molecule has 0 atom stereocenters. The molecule has 2 nitrogen and oxygen atoms in total. The summed E-state index contributed by atoms with van der Waals surface area (Å²) in [4.78, 5) is 0. The Morgan fingerprint density at radius 3 is 2.67 bits per heavy atom. The molecule has 0 N–H and O–H groups in total. The normalized spacial score (nSPS) is 10.5. The Hall–Kier alpha value is -1.44. The Bertz CT molecular complexity index is 380. The summed E-state index contributed by atoms with van der Waals surface area (Å²) in [7, 11) is 0. The molecule has 0 saturated carbocycles. The number of rotatable bonds is 0. The van der Waals surface area contributed by atoms with Crippen molar-refractivity contribution in [1.82, 2.24) is 10.2 Å². The lowest BCUT2D eigenvalue weighted by Gasteiger charge is -1.97. The largest absolute Gasteiger partial charge is 0.155 e. The van der Waals surface area contributed by atoms with Crippen LogP contribution in [0.15, 0.2) is 24.3 Å². The molecule has 0 saturated heterocycles. The molecule has 0 spiro atoms. The van der Waals surface area contributed by atoms with Crippen LogP contribution in [0.5, 0.6) is 0 Å². The number of hydrogen-bond acceptors (Lipinski definition) is 2. The summed E-state index contributed by atoms with van der Waals surface area (Å²) in [6.07, 6.45) is 0. The lowest BCUT2D eigenvalue weighted by atomic mass is 10.1. The molecule has 1 aromatic carbocycles. The van der Waals surface area contributed by atoms with Crippen molar-refractivity contribution >= 4 is 10.9 Å². The highest BCUT2D eigenvalue weighted by Gasteiger charge is 1.95. The predicted octanol–water partition coefficient (Wildman–Crippen LogP) is 2.25. The van der Waals surface area contributed by atoms with Gasteiger partial charge in [0.1, 0.15) is 0 Å². The quantitative estimate of drug-likeness (QED) is 0.587. The van der Waals surface area contributed by atoms with E-state index < -0.39 is 0 Å². The summed E-state index contributed by atoms with van der Waals surface area (Å²) in [5.74, 6) is 0. The maximum absolute atomic E-state index is 4.09. The van der Waals surface area contributed by atoms with Crippen LogP contribution in [0.3, 0.4) is 0 Å². The Morgan fingerprint density at radius 2 is 1.83 bits per heavy atom. The van der Waals surface area contributed by atoms with E-state index in [2.05, 4.69) is 29.3 Å². The Morgan fingerprint density at radius 1 is 1.00 bits per heavy atom. The number of fused-ring (bicyclic) bond motifs is 1. The van der Waals surface area contributed by atoms with Gasteiger partial charge in [-0.05, 0) is 31.5 Å². The van der Waals surface area contributed by atoms with Gasteiger partial charge in [-0.3, -0.25) is 0 Å². The number of benzene rings is 1. The average Bonchev–Trinajstić information content (AvgIpc) is 2.05. The van der Waals surface area contributed by atoms with E-state index in [1.54, 1.807) is 0 Å². The van der Waals surface area contributed by atoms with Crippen LogP contribution >= 0.6 is 0 Å². The van der Waals surface area contributed by atoms with E-state index in [4.69, 9.17) is 0 Å². The molecule has 0 amide bonds. The molecule has 0 fully saturated rings. The van der Waals surface area contributed by atoms with Gasteiger partial charge in [0.2, 0.25) is 0 Å². The summed E-state index contributed by atoms with van der Waals surface area (Å²) in [5, 5.41) is 9.25. The zero-order valence-corrected chi connectivity index (χ0v) is 7.20. The fourth-order valence-corrected chi connectivity index (χ4v) is 1.25. The Kier molecular flexibility index (Phi) is 1.54. The van der Waals surface area contributed by atoms with Crippen LogP contribution in [0.2, 0.25) is 0 Å². The molecule has 60 valence electrons. The van der Waals surface area contributed by atoms with Crippen LogP contribution in [0.25, 0.3) is 10.9 Å². The van der Waals surface area contributed by atoms with Crippen molar-refractivity contribution in [3.8, 4) is 0 Å².